The number of amides is 2. The van der Waals surface area contributed by atoms with Crippen molar-refractivity contribution in [1.29, 1.82) is 0 Å². The molecule has 4 aromatic carbocycles. The number of methoxy groups -OCH3 is 1. The van der Waals surface area contributed by atoms with E-state index in [9.17, 15) is 9.59 Å². The van der Waals surface area contributed by atoms with Crippen molar-refractivity contribution in [3.05, 3.63) is 120 Å². The molecule has 3 N–H and O–H groups in total. The monoisotopic (exact) mass is 604 g/mol. The number of nitrogens with zero attached hydrogens (tertiary/aromatic N) is 4. The Kier molecular flexibility index (Phi) is 9.16. The van der Waals surface area contributed by atoms with Crippen molar-refractivity contribution in [2.24, 2.45) is 5.73 Å². The summed E-state index contributed by atoms with van der Waals surface area (Å²) >= 11 is 0. The number of rotatable bonds is 11. The predicted octanol–water partition coefficient (Wildman–Crippen LogP) is 4.17. The fourth-order valence-corrected chi connectivity index (χ4v) is 5.55. The molecule has 0 aliphatic carbocycles. The number of fused-ring (bicyclic) bond motifs is 1. The largest absolute Gasteiger partial charge is 0.497 e. The molecule has 10 heteroatoms. The van der Waals surface area contributed by atoms with Crippen LogP contribution >= 0.6 is 0 Å². The van der Waals surface area contributed by atoms with Gasteiger partial charge in [0.05, 0.1) is 32.9 Å². The van der Waals surface area contributed by atoms with Gasteiger partial charge in [-0.05, 0) is 46.2 Å². The zero-order valence-corrected chi connectivity index (χ0v) is 25.1. The maximum atomic E-state index is 13.6. The van der Waals surface area contributed by atoms with Crippen molar-refractivity contribution in [3.8, 4) is 17.0 Å². The lowest BCUT2D eigenvalue weighted by Crippen LogP contribution is -2.62. The van der Waals surface area contributed by atoms with Crippen molar-refractivity contribution in [2.45, 2.75) is 25.8 Å². The van der Waals surface area contributed by atoms with E-state index in [1.54, 1.807) is 17.0 Å². The Morgan fingerprint density at radius 2 is 1.78 bits per heavy atom. The van der Waals surface area contributed by atoms with Gasteiger partial charge in [-0.3, -0.25) is 9.59 Å². The molecule has 0 bridgehead atoms. The summed E-state index contributed by atoms with van der Waals surface area (Å²) in [5, 5.41) is 8.22. The highest BCUT2D eigenvalue weighted by Crippen LogP contribution is 2.24. The van der Waals surface area contributed by atoms with Crippen molar-refractivity contribution >= 4 is 22.6 Å². The molecule has 1 unspecified atom stereocenters. The average molecular weight is 605 g/mol. The zero-order valence-electron chi connectivity index (χ0n) is 25.1. The maximum Gasteiger partial charge on any atom is 0.242 e. The summed E-state index contributed by atoms with van der Waals surface area (Å²) in [7, 11) is 1.62. The van der Waals surface area contributed by atoms with Crippen LogP contribution in [0.1, 0.15) is 16.9 Å². The fourth-order valence-electron chi connectivity index (χ4n) is 5.55. The molecule has 1 atom stereocenters. The number of carbonyl (C=O) groups excluding carboxylic acids is 2. The molecule has 1 saturated heterocycles. The summed E-state index contributed by atoms with van der Waals surface area (Å²) in [6, 6.07) is 33.5. The van der Waals surface area contributed by atoms with E-state index >= 15 is 0 Å². The summed E-state index contributed by atoms with van der Waals surface area (Å²) in [6.45, 7) is 1.35. The Balaban J connectivity index is 1.13. The Labute approximate surface area is 261 Å². The number of ether oxygens (including phenoxy) is 1. The predicted molar refractivity (Wildman–Crippen MR) is 171 cm³/mol. The third kappa shape index (κ3) is 7.21. The lowest BCUT2D eigenvalue weighted by molar-refractivity contribution is -0.150. The first-order valence-electron chi connectivity index (χ1n) is 14.9. The van der Waals surface area contributed by atoms with Crippen LogP contribution < -0.4 is 15.9 Å². The molecule has 5 aromatic rings. The normalized spacial score (nSPS) is 15.2. The van der Waals surface area contributed by atoms with Crippen LogP contribution in [0.5, 0.6) is 5.75 Å². The number of hydrogen-bond acceptors (Lipinski definition) is 8. The van der Waals surface area contributed by atoms with Crippen LogP contribution in [0.4, 0.5) is 0 Å². The van der Waals surface area contributed by atoms with Crippen molar-refractivity contribution in [3.63, 3.8) is 0 Å². The number of hydrazine groups is 1. The van der Waals surface area contributed by atoms with Crippen LogP contribution in [0.15, 0.2) is 108 Å². The van der Waals surface area contributed by atoms with Gasteiger partial charge in [-0.2, -0.15) is 0 Å². The number of piperazine rings is 1. The Morgan fingerprint density at radius 1 is 1.02 bits per heavy atom. The van der Waals surface area contributed by atoms with Crippen LogP contribution in [0.25, 0.3) is 22.0 Å². The van der Waals surface area contributed by atoms with Crippen LogP contribution in [0.3, 0.4) is 0 Å². The molecule has 45 heavy (non-hydrogen) atoms. The molecular formula is C35H36N6O4. The van der Waals surface area contributed by atoms with Crippen molar-refractivity contribution in [1.82, 2.24) is 25.4 Å². The summed E-state index contributed by atoms with van der Waals surface area (Å²) < 4.78 is 10.9. The van der Waals surface area contributed by atoms with Crippen LogP contribution in [-0.4, -0.2) is 64.7 Å². The van der Waals surface area contributed by atoms with E-state index < -0.39 is 6.17 Å². The Hall–Kier alpha value is -5.03. The second kappa shape index (κ2) is 13.7. The van der Waals surface area contributed by atoms with Crippen LogP contribution in [-0.2, 0) is 29.2 Å². The van der Waals surface area contributed by atoms with Crippen molar-refractivity contribution in [2.75, 3.05) is 26.7 Å². The van der Waals surface area contributed by atoms with E-state index in [0.717, 1.165) is 33.2 Å². The van der Waals surface area contributed by atoms with E-state index in [-0.39, 0.29) is 38.0 Å². The maximum absolute atomic E-state index is 13.6. The second-order valence-corrected chi connectivity index (χ2v) is 11.1. The average Bonchev–Trinajstić information content (AvgIpc) is 3.54. The number of nitrogens with two attached hydrogens (primary N) is 1. The molecule has 2 heterocycles. The van der Waals surface area contributed by atoms with Gasteiger partial charge in [0, 0.05) is 24.7 Å². The summed E-state index contributed by atoms with van der Waals surface area (Å²) in [5.41, 5.74) is 13.5. The second-order valence-electron chi connectivity index (χ2n) is 11.1. The van der Waals surface area contributed by atoms with Crippen LogP contribution in [0, 0.1) is 0 Å². The van der Waals surface area contributed by atoms with Gasteiger partial charge in [0.15, 0.2) is 5.76 Å². The number of aromatic nitrogens is 1. The number of benzene rings is 4. The highest BCUT2D eigenvalue weighted by atomic mass is 16.5. The van der Waals surface area contributed by atoms with Gasteiger partial charge in [-0.1, -0.05) is 78.0 Å². The quantitative estimate of drug-likeness (QED) is 0.216. The van der Waals surface area contributed by atoms with Gasteiger partial charge >= 0.3 is 0 Å². The highest BCUT2D eigenvalue weighted by Gasteiger charge is 2.34. The van der Waals surface area contributed by atoms with E-state index in [1.807, 2.05) is 84.9 Å². The standard InChI is InChI=1S/C35H36N6O4/c1-44-29-16-14-27(15-17-29)32-18-30(45-38-32)21-40(37-19-25-8-3-2-4-9-25)23-35(43)41-24-34(42)39(22-33(41)36)20-28-12-7-11-26-10-5-6-13-31(26)28/h2-18,33,37H,19-24,36H2,1H3. The van der Waals surface area contributed by atoms with Crippen LogP contribution in [0.2, 0.25) is 0 Å². The number of carbonyl (C=O) groups is 2. The summed E-state index contributed by atoms with van der Waals surface area (Å²) in [4.78, 5) is 30.1. The zero-order chi connectivity index (χ0) is 31.2. The third-order valence-corrected chi connectivity index (χ3v) is 7.99. The molecule has 1 fully saturated rings. The first kappa shape index (κ1) is 30.0. The van der Waals surface area contributed by atoms with Gasteiger partial charge in [-0.15, -0.1) is 0 Å². The summed E-state index contributed by atoms with van der Waals surface area (Å²) in [5.74, 6) is 0.940. The lowest BCUT2D eigenvalue weighted by atomic mass is 10.0. The molecule has 1 aliphatic heterocycles. The molecule has 1 aromatic heterocycles. The molecule has 6 rings (SSSR count). The Morgan fingerprint density at radius 3 is 2.58 bits per heavy atom. The van der Waals surface area contributed by atoms with E-state index in [2.05, 4.69) is 28.8 Å². The lowest BCUT2D eigenvalue weighted by Gasteiger charge is -2.40. The number of nitrogens with one attached hydrogen (secondary N) is 1. The molecule has 0 radical (unpaired) electrons. The minimum Gasteiger partial charge on any atom is -0.497 e. The molecule has 0 spiro atoms. The van der Waals surface area contributed by atoms with E-state index in [4.69, 9.17) is 15.0 Å². The highest BCUT2D eigenvalue weighted by molar-refractivity contribution is 5.89. The topological polar surface area (TPSA) is 117 Å². The SMILES string of the molecule is COc1ccc(-c2cc(CN(CC(=O)N3CC(=O)N(Cc4cccc5ccccc45)CC3N)NCc3ccccc3)on2)cc1. The Bertz CT molecular complexity index is 1750. The van der Waals surface area contributed by atoms with Crippen molar-refractivity contribution < 1.29 is 18.8 Å². The van der Waals surface area contributed by atoms with Gasteiger partial charge in [0.1, 0.15) is 18.0 Å². The molecule has 1 aliphatic rings. The minimum atomic E-state index is -0.631. The van der Waals surface area contributed by atoms with Gasteiger partial charge in [0.25, 0.3) is 0 Å². The first-order chi connectivity index (χ1) is 22.0. The van der Waals surface area contributed by atoms with Gasteiger partial charge in [-0.25, -0.2) is 10.4 Å². The van der Waals surface area contributed by atoms with Gasteiger partial charge in [0.2, 0.25) is 11.8 Å². The smallest absolute Gasteiger partial charge is 0.242 e. The first-order valence-corrected chi connectivity index (χ1v) is 14.9. The van der Waals surface area contributed by atoms with E-state index in [1.165, 1.54) is 4.90 Å². The van der Waals surface area contributed by atoms with E-state index in [0.29, 0.717) is 24.5 Å². The molecule has 10 nitrogen and oxygen atoms in total. The molecular weight excluding hydrogens is 568 g/mol. The summed E-state index contributed by atoms with van der Waals surface area (Å²) in [6.07, 6.45) is -0.631. The third-order valence-electron chi connectivity index (χ3n) is 7.99. The number of hydrogen-bond donors (Lipinski definition) is 2. The minimum absolute atomic E-state index is 0.0181. The molecule has 2 amide bonds. The fraction of sp³-hybridized carbons (Fsp3) is 0.229. The van der Waals surface area contributed by atoms with Gasteiger partial charge < -0.3 is 24.8 Å². The molecule has 0 saturated carbocycles. The molecule has 230 valence electrons.